The van der Waals surface area contributed by atoms with E-state index < -0.39 is 0 Å². The lowest BCUT2D eigenvalue weighted by Crippen LogP contribution is -2.07. The molecule has 12 rings (SSSR count). The molecule has 0 radical (unpaired) electrons. The summed E-state index contributed by atoms with van der Waals surface area (Å²) in [5.74, 6) is 1.75. The lowest BCUT2D eigenvalue weighted by Gasteiger charge is -2.14. The van der Waals surface area contributed by atoms with Gasteiger partial charge < -0.3 is 4.57 Å². The summed E-state index contributed by atoms with van der Waals surface area (Å²) in [4.78, 5) is 16.1. The van der Waals surface area contributed by atoms with Crippen molar-refractivity contribution >= 4 is 43.6 Å². The Labute approximate surface area is 358 Å². The van der Waals surface area contributed by atoms with Gasteiger partial charge in [-0.2, -0.15) is 9.97 Å². The molecular weight excluding hydrogens is 755 g/mol. The number of para-hydroxylation sites is 2. The topological polar surface area (TPSA) is 48.5 Å². The second-order valence-electron chi connectivity index (χ2n) is 15.7. The second kappa shape index (κ2) is 14.7. The van der Waals surface area contributed by atoms with Crippen LogP contribution in [-0.2, 0) is 0 Å². The smallest absolute Gasteiger partial charge is 0.238 e. The van der Waals surface area contributed by atoms with Gasteiger partial charge in [0.15, 0.2) is 11.6 Å². The van der Waals surface area contributed by atoms with Crippen LogP contribution in [0.25, 0.3) is 111 Å². The molecule has 5 nitrogen and oxygen atoms in total. The summed E-state index contributed by atoms with van der Waals surface area (Å²) in [7, 11) is 0. The Morgan fingerprint density at radius 3 is 1.16 bits per heavy atom. The Hall–Kier alpha value is -8.41. The normalized spacial score (nSPS) is 11.5. The van der Waals surface area contributed by atoms with Crippen LogP contribution in [-0.4, -0.2) is 24.1 Å². The maximum atomic E-state index is 5.44. The largest absolute Gasteiger partial charge is 0.307 e. The van der Waals surface area contributed by atoms with Gasteiger partial charge in [-0.15, -0.1) is 0 Å². The van der Waals surface area contributed by atoms with E-state index in [0.717, 1.165) is 82.9 Å². The van der Waals surface area contributed by atoms with Gasteiger partial charge in [0.05, 0.1) is 22.1 Å². The first-order valence-electron chi connectivity index (χ1n) is 20.9. The number of rotatable bonds is 7. The molecule has 0 unspecified atom stereocenters. The van der Waals surface area contributed by atoms with Crippen molar-refractivity contribution in [3.63, 3.8) is 0 Å². The van der Waals surface area contributed by atoms with E-state index in [-0.39, 0.29) is 0 Å². The van der Waals surface area contributed by atoms with Crippen molar-refractivity contribution in [3.05, 3.63) is 224 Å². The molecule has 3 aromatic heterocycles. The van der Waals surface area contributed by atoms with Crippen LogP contribution in [0.5, 0.6) is 0 Å². The van der Waals surface area contributed by atoms with Crippen LogP contribution in [0.1, 0.15) is 0 Å². The summed E-state index contributed by atoms with van der Waals surface area (Å²) in [5.41, 5.74) is 14.0. The average Bonchev–Trinajstić information content (AvgIpc) is 3.88. The van der Waals surface area contributed by atoms with E-state index in [9.17, 15) is 0 Å². The van der Waals surface area contributed by atoms with Crippen LogP contribution >= 0.6 is 0 Å². The zero-order valence-electron chi connectivity index (χ0n) is 33.6. The highest BCUT2D eigenvalue weighted by molar-refractivity contribution is 6.23. The summed E-state index contributed by atoms with van der Waals surface area (Å²) < 4.78 is 4.69. The van der Waals surface area contributed by atoms with Gasteiger partial charge in [0, 0.05) is 38.4 Å². The molecule has 0 aliphatic carbocycles. The monoisotopic (exact) mass is 791 g/mol. The van der Waals surface area contributed by atoms with Gasteiger partial charge in [0.1, 0.15) is 0 Å². The number of aromatic nitrogens is 5. The predicted octanol–water partition coefficient (Wildman–Crippen LogP) is 14.4. The Morgan fingerprint density at radius 2 is 0.645 bits per heavy atom. The first-order chi connectivity index (χ1) is 30.7. The third-order valence-electron chi connectivity index (χ3n) is 12.0. The number of nitrogens with zero attached hydrogens (tertiary/aromatic N) is 5. The molecule has 0 amide bonds. The SMILES string of the molecule is c1ccc(-c2cccc(-c3nc(-c4cccc(-c5ccccc5)c4)nc(-n4c5ccccc5c5ccc6c7ccccc7n(-c7cccc(-c8ccccc8)c7)c6c54)n3)c2)cc1. The third-order valence-corrected chi connectivity index (χ3v) is 12.0. The van der Waals surface area contributed by atoms with Gasteiger partial charge in [-0.25, -0.2) is 4.98 Å². The molecule has 5 heteroatoms. The molecule has 0 saturated heterocycles. The Kier molecular flexibility index (Phi) is 8.42. The lowest BCUT2D eigenvalue weighted by atomic mass is 10.0. The van der Waals surface area contributed by atoms with Crippen molar-refractivity contribution in [3.8, 4) is 67.8 Å². The summed E-state index contributed by atoms with van der Waals surface area (Å²) >= 11 is 0. The zero-order valence-corrected chi connectivity index (χ0v) is 33.6. The lowest BCUT2D eigenvalue weighted by molar-refractivity contribution is 0.953. The van der Waals surface area contributed by atoms with Crippen molar-refractivity contribution in [2.45, 2.75) is 0 Å². The fourth-order valence-corrected chi connectivity index (χ4v) is 9.09. The van der Waals surface area contributed by atoms with Crippen LogP contribution in [0.2, 0.25) is 0 Å². The highest BCUT2D eigenvalue weighted by atomic mass is 15.2. The maximum absolute atomic E-state index is 5.44. The molecule has 0 saturated carbocycles. The molecule has 0 N–H and O–H groups in total. The highest BCUT2D eigenvalue weighted by Gasteiger charge is 2.24. The van der Waals surface area contributed by atoms with E-state index in [4.69, 9.17) is 15.0 Å². The van der Waals surface area contributed by atoms with Gasteiger partial charge in [0.25, 0.3) is 0 Å². The van der Waals surface area contributed by atoms with E-state index >= 15 is 0 Å². The van der Waals surface area contributed by atoms with Gasteiger partial charge in [0.2, 0.25) is 5.95 Å². The summed E-state index contributed by atoms with van der Waals surface area (Å²) in [6, 6.07) is 79.2. The summed E-state index contributed by atoms with van der Waals surface area (Å²) in [5, 5.41) is 4.58. The first-order valence-corrected chi connectivity index (χ1v) is 20.9. The summed E-state index contributed by atoms with van der Waals surface area (Å²) in [6.07, 6.45) is 0. The molecule has 3 heterocycles. The molecule has 0 spiro atoms. The fourth-order valence-electron chi connectivity index (χ4n) is 9.09. The van der Waals surface area contributed by atoms with Gasteiger partial charge in [-0.3, -0.25) is 4.57 Å². The van der Waals surface area contributed by atoms with E-state index in [0.29, 0.717) is 17.6 Å². The van der Waals surface area contributed by atoms with Crippen molar-refractivity contribution < 1.29 is 0 Å². The Balaban J connectivity index is 1.17. The van der Waals surface area contributed by atoms with E-state index in [1.165, 1.54) is 10.9 Å². The van der Waals surface area contributed by atoms with Crippen molar-refractivity contribution in [2.75, 3.05) is 0 Å². The van der Waals surface area contributed by atoms with Crippen LogP contribution in [0, 0.1) is 0 Å². The third kappa shape index (κ3) is 5.98. The molecule has 62 heavy (non-hydrogen) atoms. The number of benzene rings is 9. The molecule has 0 bridgehead atoms. The molecule has 0 aliphatic rings. The molecule has 0 fully saturated rings. The Bertz CT molecular complexity index is 3520. The molecule has 290 valence electrons. The van der Waals surface area contributed by atoms with Crippen molar-refractivity contribution in [1.29, 1.82) is 0 Å². The second-order valence-corrected chi connectivity index (χ2v) is 15.7. The van der Waals surface area contributed by atoms with Crippen LogP contribution in [0.3, 0.4) is 0 Å². The van der Waals surface area contributed by atoms with Crippen molar-refractivity contribution in [1.82, 2.24) is 24.1 Å². The van der Waals surface area contributed by atoms with Gasteiger partial charge in [-0.05, 0) is 69.8 Å². The van der Waals surface area contributed by atoms with Crippen LogP contribution in [0.4, 0.5) is 0 Å². The van der Waals surface area contributed by atoms with Gasteiger partial charge >= 0.3 is 0 Å². The minimum atomic E-state index is 0.550. The fraction of sp³-hybridized carbons (Fsp3) is 0. The van der Waals surface area contributed by atoms with E-state index in [1.54, 1.807) is 0 Å². The minimum Gasteiger partial charge on any atom is -0.307 e. The molecule has 9 aromatic carbocycles. The molecular formula is C57H37N5. The highest BCUT2D eigenvalue weighted by Crippen LogP contribution is 2.42. The predicted molar refractivity (Wildman–Crippen MR) is 256 cm³/mol. The van der Waals surface area contributed by atoms with E-state index in [1.807, 2.05) is 12.1 Å². The van der Waals surface area contributed by atoms with Gasteiger partial charge in [-0.1, -0.05) is 188 Å². The first kappa shape index (κ1) is 35.5. The Morgan fingerprint density at radius 1 is 0.258 bits per heavy atom. The molecule has 0 aliphatic heterocycles. The van der Waals surface area contributed by atoms with Crippen molar-refractivity contribution in [2.24, 2.45) is 0 Å². The maximum Gasteiger partial charge on any atom is 0.238 e. The number of hydrogen-bond acceptors (Lipinski definition) is 3. The minimum absolute atomic E-state index is 0.550. The van der Waals surface area contributed by atoms with Crippen LogP contribution < -0.4 is 0 Å². The standard InChI is InChI=1S/C57H37N5/c1-4-17-38(18-5-1)41-23-14-26-44(35-41)55-58-56(45-27-15-24-42(36-45)39-19-6-2-7-20-39)60-57(59-55)62-52-32-13-11-30-48(52)50-34-33-49-47-29-10-12-31-51(47)61(53(49)54(50)62)46-28-16-25-43(37-46)40-21-8-3-9-22-40/h1-37H. The quantitative estimate of drug-likeness (QED) is 0.162. The molecule has 0 atom stereocenters. The zero-order chi connectivity index (χ0) is 41.0. The molecule has 12 aromatic rings. The number of fused-ring (bicyclic) bond motifs is 7. The van der Waals surface area contributed by atoms with Crippen LogP contribution in [0.15, 0.2) is 224 Å². The van der Waals surface area contributed by atoms with E-state index in [2.05, 4.69) is 221 Å². The number of hydrogen-bond donors (Lipinski definition) is 0. The summed E-state index contributed by atoms with van der Waals surface area (Å²) in [6.45, 7) is 0. The average molecular weight is 792 g/mol.